The Bertz CT molecular complexity index is 956. The average molecular weight is 408 g/mol. The van der Waals surface area contributed by atoms with Gasteiger partial charge in [-0.15, -0.1) is 0 Å². The number of nitrogens with one attached hydrogen (secondary N) is 2. The van der Waals surface area contributed by atoms with Gasteiger partial charge < -0.3 is 10.2 Å². The highest BCUT2D eigenvalue weighted by atomic mass is 16.2. The fraction of sp³-hybridized carbons (Fsp3) is 0.455. The van der Waals surface area contributed by atoms with Crippen LogP contribution in [0.15, 0.2) is 18.2 Å². The van der Waals surface area contributed by atoms with Crippen molar-refractivity contribution in [3.8, 4) is 11.8 Å². The molecule has 0 radical (unpaired) electrons. The van der Waals surface area contributed by atoms with Crippen LogP contribution in [0.2, 0.25) is 0 Å². The van der Waals surface area contributed by atoms with Crippen molar-refractivity contribution < 1.29 is 19.2 Å². The molecule has 1 aromatic carbocycles. The summed E-state index contributed by atoms with van der Waals surface area (Å²) in [6.07, 6.45) is 2.00. The number of rotatable bonds is 4. The van der Waals surface area contributed by atoms with Gasteiger partial charge in [0.15, 0.2) is 0 Å². The number of carbonyl (C=O) groups is 4. The number of imide groups is 2. The summed E-state index contributed by atoms with van der Waals surface area (Å²) < 4.78 is 0. The highest BCUT2D eigenvalue weighted by Gasteiger charge is 2.44. The first-order valence-corrected chi connectivity index (χ1v) is 10.3. The summed E-state index contributed by atoms with van der Waals surface area (Å²) in [6.45, 7) is 5.22. The Balaban J connectivity index is 1.40. The van der Waals surface area contributed by atoms with Crippen molar-refractivity contribution in [3.05, 3.63) is 34.9 Å². The monoisotopic (exact) mass is 408 g/mol. The van der Waals surface area contributed by atoms with E-state index in [4.69, 9.17) is 0 Å². The lowest BCUT2D eigenvalue weighted by molar-refractivity contribution is -0.136. The fourth-order valence-corrected chi connectivity index (χ4v) is 4.04. The van der Waals surface area contributed by atoms with Crippen LogP contribution in [0.25, 0.3) is 0 Å². The second-order valence-corrected chi connectivity index (χ2v) is 7.70. The molecule has 3 heterocycles. The predicted molar refractivity (Wildman–Crippen MR) is 109 cm³/mol. The maximum Gasteiger partial charge on any atom is 0.262 e. The average Bonchev–Trinajstić information content (AvgIpc) is 2.99. The van der Waals surface area contributed by atoms with Gasteiger partial charge in [0.25, 0.3) is 11.8 Å². The van der Waals surface area contributed by atoms with Crippen molar-refractivity contribution in [1.29, 1.82) is 0 Å². The van der Waals surface area contributed by atoms with Crippen LogP contribution in [0.3, 0.4) is 0 Å². The number of hydrogen-bond acceptors (Lipinski definition) is 6. The van der Waals surface area contributed by atoms with E-state index < -0.39 is 23.8 Å². The maximum absolute atomic E-state index is 12.8. The quantitative estimate of drug-likeness (QED) is 0.417. The van der Waals surface area contributed by atoms with E-state index in [-0.39, 0.29) is 29.9 Å². The van der Waals surface area contributed by atoms with E-state index in [1.54, 1.807) is 18.2 Å². The third-order valence-corrected chi connectivity index (χ3v) is 5.66. The van der Waals surface area contributed by atoms with Gasteiger partial charge in [0.1, 0.15) is 6.04 Å². The van der Waals surface area contributed by atoms with Crippen molar-refractivity contribution in [1.82, 2.24) is 20.4 Å². The maximum atomic E-state index is 12.8. The minimum absolute atomic E-state index is 0.106. The molecule has 0 spiro atoms. The van der Waals surface area contributed by atoms with Crippen molar-refractivity contribution in [2.75, 3.05) is 32.7 Å². The van der Waals surface area contributed by atoms with Crippen LogP contribution in [-0.4, -0.2) is 72.2 Å². The molecular weight excluding hydrogens is 384 g/mol. The topological polar surface area (TPSA) is 98.8 Å². The van der Waals surface area contributed by atoms with Gasteiger partial charge in [-0.1, -0.05) is 11.8 Å². The molecule has 1 unspecified atom stereocenters. The Hall–Kier alpha value is -3.02. The van der Waals surface area contributed by atoms with Crippen molar-refractivity contribution in [3.63, 3.8) is 0 Å². The van der Waals surface area contributed by atoms with Gasteiger partial charge in [0.2, 0.25) is 11.8 Å². The summed E-state index contributed by atoms with van der Waals surface area (Å²) >= 11 is 0. The minimum atomic E-state index is -0.949. The molecule has 4 amide bonds. The van der Waals surface area contributed by atoms with Crippen LogP contribution in [0.5, 0.6) is 0 Å². The van der Waals surface area contributed by atoms with Gasteiger partial charge in [-0.2, -0.15) is 0 Å². The largest absolute Gasteiger partial charge is 0.314 e. The van der Waals surface area contributed by atoms with Gasteiger partial charge in [-0.05, 0) is 37.6 Å². The Morgan fingerprint density at radius 3 is 2.57 bits per heavy atom. The van der Waals surface area contributed by atoms with Gasteiger partial charge in [-0.3, -0.25) is 29.4 Å². The molecule has 2 N–H and O–H groups in total. The highest BCUT2D eigenvalue weighted by Crippen LogP contribution is 2.28. The molecular formula is C22H24N4O4. The molecule has 0 bridgehead atoms. The van der Waals surface area contributed by atoms with Crippen LogP contribution >= 0.6 is 0 Å². The number of unbranched alkanes of at least 4 members (excludes halogenated alkanes) is 1. The Morgan fingerprint density at radius 2 is 1.80 bits per heavy atom. The number of piperazine rings is 1. The molecule has 0 aromatic heterocycles. The Kier molecular flexibility index (Phi) is 5.93. The van der Waals surface area contributed by atoms with Crippen LogP contribution in [0.4, 0.5) is 0 Å². The third kappa shape index (κ3) is 4.13. The first-order valence-electron chi connectivity index (χ1n) is 10.3. The van der Waals surface area contributed by atoms with Gasteiger partial charge in [0.05, 0.1) is 11.1 Å². The fourth-order valence-electron chi connectivity index (χ4n) is 4.04. The zero-order valence-corrected chi connectivity index (χ0v) is 16.7. The number of hydrogen-bond donors (Lipinski definition) is 2. The lowest BCUT2D eigenvalue weighted by Crippen LogP contribution is -2.54. The van der Waals surface area contributed by atoms with E-state index in [1.165, 1.54) is 0 Å². The summed E-state index contributed by atoms with van der Waals surface area (Å²) in [7, 11) is 0. The summed E-state index contributed by atoms with van der Waals surface area (Å²) in [4.78, 5) is 52.4. The second-order valence-electron chi connectivity index (χ2n) is 7.70. The van der Waals surface area contributed by atoms with E-state index in [1.807, 2.05) is 0 Å². The van der Waals surface area contributed by atoms with Crippen LogP contribution in [-0.2, 0) is 9.59 Å². The number of piperidine rings is 1. The molecule has 8 heteroatoms. The van der Waals surface area contributed by atoms with Gasteiger partial charge in [-0.25, -0.2) is 0 Å². The summed E-state index contributed by atoms with van der Waals surface area (Å²) in [5, 5.41) is 5.53. The Morgan fingerprint density at radius 1 is 1.03 bits per heavy atom. The number of amides is 4. The number of fused-ring (bicyclic) bond motifs is 1. The van der Waals surface area contributed by atoms with Crippen LogP contribution < -0.4 is 10.6 Å². The van der Waals surface area contributed by atoms with Crippen LogP contribution in [0, 0.1) is 11.8 Å². The summed E-state index contributed by atoms with van der Waals surface area (Å²) in [5.41, 5.74) is 1.20. The standard InChI is InChI=1S/C22H24N4O4/c27-19-8-7-18(20(28)24-19)26-21(29)16-6-5-15(14-17(16)22(26)30)4-2-1-3-11-25-12-9-23-10-13-25/h5-6,14,18,23H,1,3,7-13H2,(H,24,27,28). The van der Waals surface area contributed by atoms with E-state index in [0.717, 1.165) is 50.5 Å². The molecule has 1 atom stereocenters. The van der Waals surface area contributed by atoms with Crippen molar-refractivity contribution in [2.24, 2.45) is 0 Å². The SMILES string of the molecule is O=C1CCC(N2C(=O)c3ccc(C#CCCCN4CCNCC4)cc3C2=O)C(=O)N1. The minimum Gasteiger partial charge on any atom is -0.314 e. The molecule has 1 aromatic rings. The van der Waals surface area contributed by atoms with Crippen molar-refractivity contribution in [2.45, 2.75) is 31.7 Å². The zero-order valence-electron chi connectivity index (χ0n) is 16.7. The van der Waals surface area contributed by atoms with Gasteiger partial charge >= 0.3 is 0 Å². The normalized spacial score (nSPS) is 21.9. The number of nitrogens with zero attached hydrogens (tertiary/aromatic N) is 2. The highest BCUT2D eigenvalue weighted by molar-refractivity contribution is 6.23. The molecule has 3 aliphatic rings. The number of benzene rings is 1. The molecule has 0 saturated carbocycles. The second kappa shape index (κ2) is 8.78. The van der Waals surface area contributed by atoms with E-state index in [9.17, 15) is 19.2 Å². The predicted octanol–water partition coefficient (Wildman–Crippen LogP) is 0.125. The van der Waals surface area contributed by atoms with E-state index in [0.29, 0.717) is 5.56 Å². The van der Waals surface area contributed by atoms with Crippen molar-refractivity contribution >= 4 is 23.6 Å². The lowest BCUT2D eigenvalue weighted by Gasteiger charge is -2.27. The molecule has 2 fully saturated rings. The van der Waals surface area contributed by atoms with E-state index >= 15 is 0 Å². The summed E-state index contributed by atoms with van der Waals surface area (Å²) in [5.74, 6) is 4.21. The molecule has 3 aliphatic heterocycles. The lowest BCUT2D eigenvalue weighted by atomic mass is 10.0. The summed E-state index contributed by atoms with van der Waals surface area (Å²) in [6, 6.07) is 3.98. The first kappa shape index (κ1) is 20.3. The molecule has 8 nitrogen and oxygen atoms in total. The molecule has 30 heavy (non-hydrogen) atoms. The zero-order chi connectivity index (χ0) is 21.1. The molecule has 4 rings (SSSR count). The smallest absolute Gasteiger partial charge is 0.262 e. The molecule has 0 aliphatic carbocycles. The molecule has 2 saturated heterocycles. The van der Waals surface area contributed by atoms with Crippen LogP contribution in [0.1, 0.15) is 52.0 Å². The Labute approximate surface area is 175 Å². The molecule has 156 valence electrons. The first-order chi connectivity index (χ1) is 14.5. The van der Waals surface area contributed by atoms with Gasteiger partial charge in [0, 0.05) is 44.6 Å². The third-order valence-electron chi connectivity index (χ3n) is 5.66. The van der Waals surface area contributed by atoms with E-state index in [2.05, 4.69) is 27.4 Å². The number of carbonyl (C=O) groups excluding carboxylic acids is 4.